The van der Waals surface area contributed by atoms with Crippen molar-refractivity contribution in [2.24, 2.45) is 0 Å². The van der Waals surface area contributed by atoms with Gasteiger partial charge < -0.3 is 5.32 Å². The van der Waals surface area contributed by atoms with Crippen molar-refractivity contribution in [3.8, 4) is 0 Å². The lowest BCUT2D eigenvalue weighted by molar-refractivity contribution is 0.586. The van der Waals surface area contributed by atoms with E-state index in [4.69, 9.17) is 23.2 Å². The lowest BCUT2D eigenvalue weighted by Gasteiger charge is -2.23. The molecule has 1 atom stereocenters. The number of anilines is 1. The molecule has 0 unspecified atom stereocenters. The highest BCUT2D eigenvalue weighted by Crippen LogP contribution is 2.36. The molecule has 1 aliphatic rings. The molecule has 2 aromatic heterocycles. The lowest BCUT2D eigenvalue weighted by Crippen LogP contribution is -2.20. The molecule has 22 heavy (non-hydrogen) atoms. The van der Waals surface area contributed by atoms with E-state index in [1.807, 2.05) is 29.6 Å². The fourth-order valence-corrected chi connectivity index (χ4v) is 3.62. The minimum atomic E-state index is -0.187. The molecule has 4 rings (SSSR count). The summed E-state index contributed by atoms with van der Waals surface area (Å²) in [5.41, 5.74) is 1.86. The third kappa shape index (κ3) is 2.29. The average molecular weight is 350 g/mol. The second kappa shape index (κ2) is 5.39. The third-order valence-corrected chi connectivity index (χ3v) is 4.86. The van der Waals surface area contributed by atoms with E-state index < -0.39 is 0 Å². The molecule has 0 fully saturated rings. The normalized spacial score (nSPS) is 16.8. The second-order valence-electron chi connectivity index (χ2n) is 4.74. The predicted octanol–water partition coefficient (Wildman–Crippen LogP) is 4.10. The van der Waals surface area contributed by atoms with Crippen LogP contribution in [0.1, 0.15) is 16.5 Å². The first-order valence-electron chi connectivity index (χ1n) is 6.48. The number of fused-ring (bicyclic) bond motifs is 1. The van der Waals surface area contributed by atoms with Crippen LogP contribution in [0.15, 0.2) is 41.8 Å². The molecule has 3 aromatic rings. The van der Waals surface area contributed by atoms with E-state index >= 15 is 0 Å². The van der Waals surface area contributed by atoms with E-state index in [1.54, 1.807) is 22.1 Å². The van der Waals surface area contributed by atoms with Crippen LogP contribution in [0, 0.1) is 0 Å². The number of hydrogen-bond donors (Lipinski definition) is 1. The Morgan fingerprint density at radius 2 is 2.14 bits per heavy atom. The molecular weight excluding hydrogens is 341 g/mol. The summed E-state index contributed by atoms with van der Waals surface area (Å²) in [5, 5.41) is 18.3. The molecule has 5 nitrogen and oxygen atoms in total. The van der Waals surface area contributed by atoms with Gasteiger partial charge in [0.1, 0.15) is 6.04 Å². The van der Waals surface area contributed by atoms with Crippen molar-refractivity contribution in [3.05, 3.63) is 62.3 Å². The Kier molecular flexibility index (Phi) is 3.37. The fourth-order valence-electron chi connectivity index (χ4n) is 2.39. The van der Waals surface area contributed by atoms with Crippen molar-refractivity contribution in [2.45, 2.75) is 6.04 Å². The quantitative estimate of drug-likeness (QED) is 0.756. The zero-order chi connectivity index (χ0) is 15.1. The molecule has 0 radical (unpaired) electrons. The number of nitrogens with one attached hydrogen (secondary N) is 1. The van der Waals surface area contributed by atoms with E-state index in [1.165, 1.54) is 0 Å². The third-order valence-electron chi connectivity index (χ3n) is 3.40. The summed E-state index contributed by atoms with van der Waals surface area (Å²) in [6.45, 7) is 0. The highest BCUT2D eigenvalue weighted by atomic mass is 35.5. The van der Waals surface area contributed by atoms with Crippen LogP contribution >= 0.6 is 34.5 Å². The van der Waals surface area contributed by atoms with Crippen molar-refractivity contribution in [3.63, 3.8) is 0 Å². The van der Waals surface area contributed by atoms with Crippen LogP contribution in [-0.2, 0) is 0 Å². The van der Waals surface area contributed by atoms with E-state index in [-0.39, 0.29) is 6.04 Å². The van der Waals surface area contributed by atoms with E-state index in [0.717, 1.165) is 16.1 Å². The van der Waals surface area contributed by atoms with Crippen LogP contribution < -0.4 is 5.32 Å². The summed E-state index contributed by atoms with van der Waals surface area (Å²) >= 11 is 14.0. The van der Waals surface area contributed by atoms with Crippen LogP contribution in [0.5, 0.6) is 0 Å². The molecule has 0 saturated heterocycles. The highest BCUT2D eigenvalue weighted by Gasteiger charge is 2.26. The standard InChI is InChI=1S/C14H9Cl2N5S/c15-8-3-4-9(10(16)6-8)12-7-11(13-2-1-5-22-13)17-14-18-19-20-21(12)14/h1-7,12H,(H,17,18,20)/t12-/m0/s1. The fraction of sp³-hybridized carbons (Fsp3) is 0.0714. The number of aromatic nitrogens is 4. The van der Waals surface area contributed by atoms with Gasteiger partial charge in [0.2, 0.25) is 5.95 Å². The first-order chi connectivity index (χ1) is 10.7. The number of allylic oxidation sites excluding steroid dienone is 1. The number of nitrogens with zero attached hydrogens (tertiary/aromatic N) is 4. The lowest BCUT2D eigenvalue weighted by atomic mass is 10.0. The van der Waals surface area contributed by atoms with Crippen LogP contribution in [0.4, 0.5) is 5.95 Å². The number of hydrogen-bond acceptors (Lipinski definition) is 5. The zero-order valence-corrected chi connectivity index (χ0v) is 13.4. The Morgan fingerprint density at radius 1 is 1.23 bits per heavy atom. The highest BCUT2D eigenvalue weighted by molar-refractivity contribution is 7.11. The summed E-state index contributed by atoms with van der Waals surface area (Å²) in [6, 6.07) is 9.30. The van der Waals surface area contributed by atoms with Gasteiger partial charge in [-0.3, -0.25) is 0 Å². The first kappa shape index (κ1) is 13.8. The maximum atomic E-state index is 6.36. The molecule has 8 heteroatoms. The van der Waals surface area contributed by atoms with Crippen molar-refractivity contribution in [1.82, 2.24) is 20.2 Å². The van der Waals surface area contributed by atoms with Gasteiger partial charge in [0.05, 0.1) is 10.6 Å². The van der Waals surface area contributed by atoms with Crippen molar-refractivity contribution < 1.29 is 0 Å². The number of benzene rings is 1. The molecule has 0 spiro atoms. The minimum absolute atomic E-state index is 0.187. The number of thiophene rings is 1. The van der Waals surface area contributed by atoms with E-state index in [9.17, 15) is 0 Å². The summed E-state index contributed by atoms with van der Waals surface area (Å²) in [6.07, 6.45) is 2.06. The van der Waals surface area contributed by atoms with E-state index in [2.05, 4.69) is 26.9 Å². The molecule has 0 saturated carbocycles. The smallest absolute Gasteiger partial charge is 0.248 e. The average Bonchev–Trinajstić information content (AvgIpc) is 3.18. The van der Waals surface area contributed by atoms with Crippen molar-refractivity contribution >= 4 is 46.2 Å². The molecule has 1 N–H and O–H groups in total. The maximum Gasteiger partial charge on any atom is 0.248 e. The van der Waals surface area contributed by atoms with Crippen molar-refractivity contribution in [1.29, 1.82) is 0 Å². The minimum Gasteiger partial charge on any atom is -0.322 e. The maximum absolute atomic E-state index is 6.36. The van der Waals surface area contributed by atoms with Gasteiger partial charge in [0.25, 0.3) is 0 Å². The SMILES string of the molecule is Clc1ccc([C@@H]2C=C(c3cccs3)Nc3nnnn32)c(Cl)c1. The van der Waals surface area contributed by atoms with Gasteiger partial charge in [0.15, 0.2) is 0 Å². The van der Waals surface area contributed by atoms with Gasteiger partial charge in [-0.05, 0) is 45.6 Å². The summed E-state index contributed by atoms with van der Waals surface area (Å²) in [4.78, 5) is 1.12. The van der Waals surface area contributed by atoms with Gasteiger partial charge in [-0.15, -0.1) is 11.3 Å². The van der Waals surface area contributed by atoms with Gasteiger partial charge >= 0.3 is 0 Å². The molecule has 0 aliphatic carbocycles. The number of halogens is 2. The van der Waals surface area contributed by atoms with Gasteiger partial charge in [-0.1, -0.05) is 40.4 Å². The molecule has 110 valence electrons. The monoisotopic (exact) mass is 349 g/mol. The summed E-state index contributed by atoms with van der Waals surface area (Å²) in [5.74, 6) is 0.585. The predicted molar refractivity (Wildman–Crippen MR) is 88.3 cm³/mol. The first-order valence-corrected chi connectivity index (χ1v) is 8.11. The number of rotatable bonds is 2. The zero-order valence-electron chi connectivity index (χ0n) is 11.1. The second-order valence-corrected chi connectivity index (χ2v) is 6.53. The Bertz CT molecular complexity index is 856. The van der Waals surface area contributed by atoms with Crippen LogP contribution in [0.25, 0.3) is 5.70 Å². The molecule has 0 amide bonds. The van der Waals surface area contributed by atoms with Gasteiger partial charge in [-0.2, -0.15) is 4.68 Å². The van der Waals surface area contributed by atoms with Crippen LogP contribution in [0.2, 0.25) is 10.0 Å². The van der Waals surface area contributed by atoms with Crippen LogP contribution in [0.3, 0.4) is 0 Å². The molecule has 3 heterocycles. The number of tetrazole rings is 1. The largest absolute Gasteiger partial charge is 0.322 e. The topological polar surface area (TPSA) is 55.6 Å². The van der Waals surface area contributed by atoms with Gasteiger partial charge in [-0.25, -0.2) is 0 Å². The summed E-state index contributed by atoms with van der Waals surface area (Å²) < 4.78 is 1.70. The van der Waals surface area contributed by atoms with Crippen LogP contribution in [-0.4, -0.2) is 20.2 Å². The Hall–Kier alpha value is -1.89. The van der Waals surface area contributed by atoms with Gasteiger partial charge in [0, 0.05) is 10.0 Å². The molecular formula is C14H9Cl2N5S. The Morgan fingerprint density at radius 3 is 2.91 bits per heavy atom. The summed E-state index contributed by atoms with van der Waals surface area (Å²) in [7, 11) is 0. The molecule has 0 bridgehead atoms. The Balaban J connectivity index is 1.86. The van der Waals surface area contributed by atoms with E-state index in [0.29, 0.717) is 16.0 Å². The molecule has 1 aromatic carbocycles. The van der Waals surface area contributed by atoms with Crippen molar-refractivity contribution in [2.75, 3.05) is 5.32 Å². The Labute approximate surface area is 140 Å². The molecule has 1 aliphatic heterocycles.